The van der Waals surface area contributed by atoms with Crippen LogP contribution in [0.5, 0.6) is 0 Å². The van der Waals surface area contributed by atoms with E-state index in [1.807, 2.05) is 0 Å². The van der Waals surface area contributed by atoms with Gasteiger partial charge in [-0.15, -0.1) is 0 Å². The van der Waals surface area contributed by atoms with Crippen molar-refractivity contribution in [2.45, 2.75) is 59.0 Å². The molecule has 0 aromatic rings. The second-order valence-electron chi connectivity index (χ2n) is 3.93. The van der Waals surface area contributed by atoms with Crippen molar-refractivity contribution >= 4 is 19.5 Å². The molecule has 0 atom stereocenters. The largest absolute Gasteiger partial charge is 0.394 e. The summed E-state index contributed by atoms with van der Waals surface area (Å²) in [5, 5.41) is 0. The molecule has 15 heavy (non-hydrogen) atoms. The molecular formula is C11H30O2Si2. The second-order valence-corrected chi connectivity index (χ2v) is 7.28. The fourth-order valence-electron chi connectivity index (χ4n) is 1.32. The molecule has 0 spiro atoms. The zero-order valence-corrected chi connectivity index (χ0v) is 11.3. The summed E-state index contributed by atoms with van der Waals surface area (Å²) in [4.78, 5) is 0. The first-order chi connectivity index (χ1) is 6.68. The van der Waals surface area contributed by atoms with Crippen LogP contribution in [0.3, 0.4) is 0 Å². The Kier molecular flexibility index (Phi) is 12.8. The molecule has 0 radical (unpaired) electrons. The first kappa shape index (κ1) is 17.7. The average Bonchev–Trinajstić information content (AvgIpc) is 2.21. The Morgan fingerprint density at radius 2 is 1.33 bits per heavy atom. The van der Waals surface area contributed by atoms with Gasteiger partial charge in [0.1, 0.15) is 0 Å². The van der Waals surface area contributed by atoms with Gasteiger partial charge in [0.05, 0.1) is 0 Å². The van der Waals surface area contributed by atoms with Crippen molar-refractivity contribution in [1.82, 2.24) is 0 Å². The van der Waals surface area contributed by atoms with Crippen LogP contribution in [-0.2, 0) is 8.85 Å². The molecule has 0 heterocycles. The monoisotopic (exact) mass is 250 g/mol. The van der Waals surface area contributed by atoms with E-state index in [2.05, 4.69) is 27.3 Å². The summed E-state index contributed by atoms with van der Waals surface area (Å²) in [5.41, 5.74) is 0. The first-order valence-corrected chi connectivity index (χ1v) is 8.48. The highest BCUT2D eigenvalue weighted by atomic mass is 28.4. The van der Waals surface area contributed by atoms with Crippen LogP contribution in [0.2, 0.25) is 12.6 Å². The molecule has 0 aromatic heterocycles. The van der Waals surface area contributed by atoms with Gasteiger partial charge in [-0.2, -0.15) is 0 Å². The summed E-state index contributed by atoms with van der Waals surface area (Å²) in [5.74, 6) is 0. The third-order valence-electron chi connectivity index (χ3n) is 2.21. The van der Waals surface area contributed by atoms with Crippen LogP contribution in [0.25, 0.3) is 0 Å². The number of hydrogen-bond acceptors (Lipinski definition) is 2. The normalized spacial score (nSPS) is 11.2. The zero-order chi connectivity index (χ0) is 10.9. The van der Waals surface area contributed by atoms with Crippen molar-refractivity contribution in [1.29, 1.82) is 0 Å². The highest BCUT2D eigenvalue weighted by molar-refractivity contribution is 6.66. The summed E-state index contributed by atoms with van der Waals surface area (Å²) in [7, 11) is -1.81. The van der Waals surface area contributed by atoms with Crippen molar-refractivity contribution in [3.05, 3.63) is 0 Å². The lowest BCUT2D eigenvalue weighted by Crippen LogP contribution is -2.39. The molecule has 4 heteroatoms. The molecule has 0 aliphatic carbocycles. The van der Waals surface area contributed by atoms with Gasteiger partial charge in [0.25, 0.3) is 0 Å². The Morgan fingerprint density at radius 3 is 1.67 bits per heavy atom. The van der Waals surface area contributed by atoms with Crippen LogP contribution >= 0.6 is 0 Å². The first-order valence-electron chi connectivity index (χ1n) is 5.96. The summed E-state index contributed by atoms with van der Waals surface area (Å²) in [6.07, 6.45) is 4.64. The lowest BCUT2D eigenvalue weighted by Gasteiger charge is -2.26. The molecule has 0 fully saturated rings. The number of unbranched alkanes of at least 4 members (excludes halogenated alkanes) is 1. The minimum atomic E-state index is -1.81. The molecule has 2 nitrogen and oxygen atoms in total. The van der Waals surface area contributed by atoms with Gasteiger partial charge in [-0.3, -0.25) is 0 Å². The second kappa shape index (κ2) is 10.9. The fourth-order valence-corrected chi connectivity index (χ4v) is 3.96. The van der Waals surface area contributed by atoms with Crippen molar-refractivity contribution in [3.8, 4) is 0 Å². The summed E-state index contributed by atoms with van der Waals surface area (Å²) < 4.78 is 11.8. The minimum Gasteiger partial charge on any atom is -0.394 e. The maximum Gasteiger partial charge on any atom is 0.334 e. The average molecular weight is 251 g/mol. The van der Waals surface area contributed by atoms with Gasteiger partial charge in [-0.25, -0.2) is 0 Å². The molecule has 0 aliphatic rings. The molecule has 0 rings (SSSR count). The van der Waals surface area contributed by atoms with Gasteiger partial charge in [-0.1, -0.05) is 33.6 Å². The van der Waals surface area contributed by atoms with Crippen LogP contribution < -0.4 is 0 Å². The van der Waals surface area contributed by atoms with Crippen LogP contribution in [0, 0.1) is 0 Å². The standard InChI is InChI=1S/C11H26O2Si.H4Si/c1-5-8-11-14(4,12-9-6-2)13-10-7-3;/h5-11H2,1-4H3;1H4. The van der Waals surface area contributed by atoms with Crippen molar-refractivity contribution < 1.29 is 8.85 Å². The molecule has 0 unspecified atom stereocenters. The molecule has 0 bridgehead atoms. The summed E-state index contributed by atoms with van der Waals surface area (Å²) >= 11 is 0. The van der Waals surface area contributed by atoms with Gasteiger partial charge in [-0.05, 0) is 36.4 Å². The maximum absolute atomic E-state index is 5.90. The Hall–Kier alpha value is 0.354. The molecule has 0 saturated carbocycles. The van der Waals surface area contributed by atoms with E-state index < -0.39 is 8.56 Å². The number of hydrogen-bond donors (Lipinski definition) is 0. The third kappa shape index (κ3) is 9.29. The smallest absolute Gasteiger partial charge is 0.334 e. The quantitative estimate of drug-likeness (QED) is 0.585. The van der Waals surface area contributed by atoms with E-state index >= 15 is 0 Å². The van der Waals surface area contributed by atoms with Gasteiger partial charge in [0, 0.05) is 13.2 Å². The third-order valence-corrected chi connectivity index (χ3v) is 5.10. The fraction of sp³-hybridized carbons (Fsp3) is 1.00. The predicted molar refractivity (Wildman–Crippen MR) is 75.2 cm³/mol. The molecule has 0 aliphatic heterocycles. The lowest BCUT2D eigenvalue weighted by atomic mass is 10.4. The van der Waals surface area contributed by atoms with Crippen molar-refractivity contribution in [2.75, 3.05) is 13.2 Å². The molecule has 0 saturated heterocycles. The highest BCUT2D eigenvalue weighted by Crippen LogP contribution is 2.17. The van der Waals surface area contributed by atoms with Crippen LogP contribution in [0.4, 0.5) is 0 Å². The Balaban J connectivity index is 0. The summed E-state index contributed by atoms with van der Waals surface area (Å²) in [6.45, 7) is 10.4. The minimum absolute atomic E-state index is 0. The number of rotatable bonds is 9. The van der Waals surface area contributed by atoms with Crippen LogP contribution in [-0.4, -0.2) is 32.7 Å². The van der Waals surface area contributed by atoms with E-state index in [-0.39, 0.29) is 11.0 Å². The molecule has 0 aromatic carbocycles. The van der Waals surface area contributed by atoms with Crippen LogP contribution in [0.15, 0.2) is 0 Å². The SMILES string of the molecule is CCCC[Si](C)(OCCC)OCCC.[SiH4]. The Labute approximate surface area is 101 Å². The zero-order valence-electron chi connectivity index (χ0n) is 10.3. The van der Waals surface area contributed by atoms with E-state index in [1.54, 1.807) is 0 Å². The summed E-state index contributed by atoms with van der Waals surface area (Å²) in [6, 6.07) is 1.14. The van der Waals surface area contributed by atoms with Gasteiger partial charge < -0.3 is 8.85 Å². The van der Waals surface area contributed by atoms with Crippen molar-refractivity contribution in [3.63, 3.8) is 0 Å². The topological polar surface area (TPSA) is 18.5 Å². The molecule has 0 N–H and O–H groups in total. The van der Waals surface area contributed by atoms with Crippen molar-refractivity contribution in [2.24, 2.45) is 0 Å². The van der Waals surface area contributed by atoms with E-state index in [0.717, 1.165) is 32.1 Å². The van der Waals surface area contributed by atoms with Gasteiger partial charge in [0.2, 0.25) is 0 Å². The van der Waals surface area contributed by atoms with Gasteiger partial charge in [0.15, 0.2) is 0 Å². The molecular weight excluding hydrogens is 220 g/mol. The lowest BCUT2D eigenvalue weighted by molar-refractivity contribution is 0.172. The van der Waals surface area contributed by atoms with E-state index in [0.29, 0.717) is 0 Å². The van der Waals surface area contributed by atoms with Crippen LogP contribution in [0.1, 0.15) is 46.5 Å². The maximum atomic E-state index is 5.90. The molecule has 0 amide bonds. The van der Waals surface area contributed by atoms with E-state index in [1.165, 1.54) is 12.8 Å². The Bertz CT molecular complexity index is 110. The molecule has 94 valence electrons. The highest BCUT2D eigenvalue weighted by Gasteiger charge is 2.29. The van der Waals surface area contributed by atoms with Gasteiger partial charge >= 0.3 is 8.56 Å². The van der Waals surface area contributed by atoms with E-state index in [9.17, 15) is 0 Å². The predicted octanol–water partition coefficient (Wildman–Crippen LogP) is 2.26. The Morgan fingerprint density at radius 1 is 0.867 bits per heavy atom. The van der Waals surface area contributed by atoms with E-state index in [4.69, 9.17) is 8.85 Å².